The number of anilines is 2. The molecule has 9 nitrogen and oxygen atoms in total. The maximum atomic E-state index is 12.9. The summed E-state index contributed by atoms with van der Waals surface area (Å²) in [6, 6.07) is 4.34. The zero-order chi connectivity index (χ0) is 26.0. The second-order valence-corrected chi connectivity index (χ2v) is 8.72. The highest BCUT2D eigenvalue weighted by atomic mass is 19.4. The molecular formula is C24H33F3N6O3. The molecule has 0 amide bonds. The largest absolute Gasteiger partial charge is 0.480 e. The van der Waals surface area contributed by atoms with Gasteiger partial charge in [0.15, 0.2) is 0 Å². The summed E-state index contributed by atoms with van der Waals surface area (Å²) in [5.41, 5.74) is 2.30. The lowest BCUT2D eigenvalue weighted by molar-refractivity contribution is -0.144. The standard InChI is InChI=1S/C24H33F3N6O3/c1-36-16-15-33(13-3-2-6-18-8-7-17-5-4-11-28-21(17)30-18)14-10-19(22(34)35)31-20-9-12-29-23(32-20)24(25,26)27/h7-9,12,19H,2-6,10-11,13-16H2,1H3,(H,28,30)(H,34,35)(H,29,31,32). The van der Waals surface area contributed by atoms with Crippen LogP contribution in [0.4, 0.5) is 24.8 Å². The third kappa shape index (κ3) is 8.59. The molecule has 36 heavy (non-hydrogen) atoms. The van der Waals surface area contributed by atoms with Crippen molar-refractivity contribution in [2.24, 2.45) is 0 Å². The van der Waals surface area contributed by atoms with Gasteiger partial charge in [0.25, 0.3) is 0 Å². The van der Waals surface area contributed by atoms with E-state index in [0.717, 1.165) is 62.9 Å². The van der Waals surface area contributed by atoms with E-state index in [1.807, 2.05) is 0 Å². The molecule has 3 rings (SSSR count). The number of halogens is 3. The molecule has 12 heteroatoms. The second-order valence-electron chi connectivity index (χ2n) is 8.72. The Morgan fingerprint density at radius 2 is 2.06 bits per heavy atom. The Hall–Kier alpha value is -2.99. The van der Waals surface area contributed by atoms with Gasteiger partial charge in [-0.05, 0) is 62.8 Å². The van der Waals surface area contributed by atoms with Gasteiger partial charge in [0.2, 0.25) is 5.82 Å². The molecule has 0 saturated heterocycles. The summed E-state index contributed by atoms with van der Waals surface area (Å²) in [5.74, 6) is -1.68. The van der Waals surface area contributed by atoms with Gasteiger partial charge in [-0.1, -0.05) is 6.07 Å². The predicted molar refractivity (Wildman–Crippen MR) is 129 cm³/mol. The number of pyridine rings is 1. The van der Waals surface area contributed by atoms with Crippen LogP contribution in [0.1, 0.15) is 42.8 Å². The van der Waals surface area contributed by atoms with Crippen LogP contribution in [0.3, 0.4) is 0 Å². The third-order valence-corrected chi connectivity index (χ3v) is 5.98. The maximum absolute atomic E-state index is 12.9. The van der Waals surface area contributed by atoms with Crippen LogP contribution in [0, 0.1) is 0 Å². The Bertz CT molecular complexity index is 992. The first-order valence-corrected chi connectivity index (χ1v) is 12.1. The number of alkyl halides is 3. The lowest BCUT2D eigenvalue weighted by Crippen LogP contribution is -2.37. The fraction of sp³-hybridized carbons (Fsp3) is 0.583. The quantitative estimate of drug-likeness (QED) is 0.329. The van der Waals surface area contributed by atoms with Crippen molar-refractivity contribution in [2.75, 3.05) is 50.5 Å². The number of nitrogens with zero attached hydrogens (tertiary/aromatic N) is 4. The van der Waals surface area contributed by atoms with E-state index in [4.69, 9.17) is 9.72 Å². The fourth-order valence-corrected chi connectivity index (χ4v) is 4.03. The van der Waals surface area contributed by atoms with Gasteiger partial charge in [-0.3, -0.25) is 0 Å². The predicted octanol–water partition coefficient (Wildman–Crippen LogP) is 3.48. The molecule has 0 spiro atoms. The summed E-state index contributed by atoms with van der Waals surface area (Å²) in [6.07, 6.45) is 1.27. The van der Waals surface area contributed by atoms with Crippen LogP contribution in [0.5, 0.6) is 0 Å². The number of nitrogens with one attached hydrogen (secondary N) is 2. The van der Waals surface area contributed by atoms with Crippen molar-refractivity contribution in [1.29, 1.82) is 0 Å². The van der Waals surface area contributed by atoms with Crippen molar-refractivity contribution < 1.29 is 27.8 Å². The number of aliphatic carboxylic acids is 1. The number of hydrogen-bond donors (Lipinski definition) is 3. The molecular weight excluding hydrogens is 477 g/mol. The normalized spacial score (nSPS) is 14.2. The minimum absolute atomic E-state index is 0.180. The number of ether oxygens (including phenoxy) is 1. The Kier molecular flexibility index (Phi) is 10.2. The van der Waals surface area contributed by atoms with Gasteiger partial charge in [0, 0.05) is 38.6 Å². The van der Waals surface area contributed by atoms with Gasteiger partial charge in [-0.2, -0.15) is 13.2 Å². The minimum atomic E-state index is -4.71. The average molecular weight is 511 g/mol. The molecule has 198 valence electrons. The first-order valence-electron chi connectivity index (χ1n) is 12.1. The van der Waals surface area contributed by atoms with E-state index in [0.29, 0.717) is 19.7 Å². The van der Waals surface area contributed by atoms with Crippen molar-refractivity contribution in [2.45, 2.75) is 50.7 Å². The number of aryl methyl sites for hydroxylation is 2. The topological polar surface area (TPSA) is 113 Å². The summed E-state index contributed by atoms with van der Waals surface area (Å²) < 4.78 is 43.8. The van der Waals surface area contributed by atoms with Crippen molar-refractivity contribution in [1.82, 2.24) is 19.9 Å². The lowest BCUT2D eigenvalue weighted by atomic mass is 10.1. The number of carboxylic acid groups (broad SMARTS) is 1. The van der Waals surface area contributed by atoms with Crippen molar-refractivity contribution in [3.05, 3.63) is 41.5 Å². The van der Waals surface area contributed by atoms with Gasteiger partial charge >= 0.3 is 12.1 Å². The maximum Gasteiger partial charge on any atom is 0.451 e. The average Bonchev–Trinajstić information content (AvgIpc) is 2.86. The third-order valence-electron chi connectivity index (χ3n) is 5.98. The molecule has 2 aromatic heterocycles. The zero-order valence-corrected chi connectivity index (χ0v) is 20.4. The Morgan fingerprint density at radius 1 is 1.22 bits per heavy atom. The van der Waals surface area contributed by atoms with E-state index in [1.165, 1.54) is 11.6 Å². The van der Waals surface area contributed by atoms with Gasteiger partial charge in [-0.25, -0.2) is 19.7 Å². The van der Waals surface area contributed by atoms with Crippen LogP contribution in [0.2, 0.25) is 0 Å². The van der Waals surface area contributed by atoms with Crippen molar-refractivity contribution in [3.8, 4) is 0 Å². The second kappa shape index (κ2) is 13.4. The summed E-state index contributed by atoms with van der Waals surface area (Å²) in [6.45, 7) is 3.24. The number of carbonyl (C=O) groups is 1. The molecule has 1 aliphatic heterocycles. The summed E-state index contributed by atoms with van der Waals surface area (Å²) in [5, 5.41) is 15.5. The molecule has 1 atom stereocenters. The number of carboxylic acids is 1. The van der Waals surface area contributed by atoms with E-state index >= 15 is 0 Å². The zero-order valence-electron chi connectivity index (χ0n) is 20.4. The Balaban J connectivity index is 1.50. The Morgan fingerprint density at radius 3 is 2.81 bits per heavy atom. The molecule has 0 fully saturated rings. The van der Waals surface area contributed by atoms with Gasteiger partial charge in [0.1, 0.15) is 17.7 Å². The SMILES string of the molecule is COCCN(CCCCc1ccc2c(n1)NCCC2)CCC(Nc1ccnc(C(F)(F)F)n1)C(=O)O. The molecule has 3 N–H and O–H groups in total. The Labute approximate surface area is 208 Å². The van der Waals surface area contributed by atoms with Crippen molar-refractivity contribution >= 4 is 17.6 Å². The van der Waals surface area contributed by atoms with Gasteiger partial charge in [-0.15, -0.1) is 0 Å². The smallest absolute Gasteiger partial charge is 0.451 e. The van der Waals surface area contributed by atoms with E-state index in [2.05, 4.69) is 37.6 Å². The van der Waals surface area contributed by atoms with Crippen LogP contribution >= 0.6 is 0 Å². The number of rotatable bonds is 14. The molecule has 2 aromatic rings. The minimum Gasteiger partial charge on any atom is -0.480 e. The first-order chi connectivity index (χ1) is 17.3. The van der Waals surface area contributed by atoms with Crippen LogP contribution < -0.4 is 10.6 Å². The molecule has 3 heterocycles. The van der Waals surface area contributed by atoms with Crippen LogP contribution in [0.25, 0.3) is 0 Å². The molecule has 0 radical (unpaired) electrons. The molecule has 0 aromatic carbocycles. The fourth-order valence-electron chi connectivity index (χ4n) is 4.03. The number of unbranched alkanes of at least 4 members (excludes halogenated alkanes) is 1. The number of aromatic nitrogens is 3. The van der Waals surface area contributed by atoms with Crippen LogP contribution in [-0.2, 0) is 28.5 Å². The first kappa shape index (κ1) is 27.6. The van der Waals surface area contributed by atoms with E-state index in [1.54, 1.807) is 7.11 Å². The van der Waals surface area contributed by atoms with E-state index in [9.17, 15) is 23.1 Å². The summed E-state index contributed by atoms with van der Waals surface area (Å²) in [7, 11) is 1.60. The lowest BCUT2D eigenvalue weighted by Gasteiger charge is -2.24. The molecule has 0 aliphatic carbocycles. The van der Waals surface area contributed by atoms with Crippen LogP contribution in [-0.4, -0.2) is 76.9 Å². The molecule has 0 bridgehead atoms. The monoisotopic (exact) mass is 510 g/mol. The van der Waals surface area contributed by atoms with Gasteiger partial charge < -0.3 is 25.4 Å². The summed E-state index contributed by atoms with van der Waals surface area (Å²) in [4.78, 5) is 25.2. The number of fused-ring (bicyclic) bond motifs is 1. The highest BCUT2D eigenvalue weighted by Crippen LogP contribution is 2.26. The van der Waals surface area contributed by atoms with E-state index < -0.39 is 24.0 Å². The number of hydrogen-bond acceptors (Lipinski definition) is 8. The molecule has 0 saturated carbocycles. The molecule has 1 aliphatic rings. The highest BCUT2D eigenvalue weighted by Gasteiger charge is 2.35. The summed E-state index contributed by atoms with van der Waals surface area (Å²) >= 11 is 0. The van der Waals surface area contributed by atoms with Crippen LogP contribution in [0.15, 0.2) is 24.4 Å². The van der Waals surface area contributed by atoms with Crippen molar-refractivity contribution in [3.63, 3.8) is 0 Å². The highest BCUT2D eigenvalue weighted by molar-refractivity contribution is 5.76. The molecule has 1 unspecified atom stereocenters. The van der Waals surface area contributed by atoms with Gasteiger partial charge in [0.05, 0.1) is 6.61 Å². The number of methoxy groups -OCH3 is 1. The van der Waals surface area contributed by atoms with E-state index in [-0.39, 0.29) is 12.2 Å².